The maximum Gasteiger partial charge on any atom is 0.307 e. The first-order chi connectivity index (χ1) is 8.41. The van der Waals surface area contributed by atoms with Gasteiger partial charge in [-0.2, -0.15) is 0 Å². The van der Waals surface area contributed by atoms with Gasteiger partial charge in [-0.25, -0.2) is 0 Å². The Hall–Kier alpha value is -0.570. The lowest BCUT2D eigenvalue weighted by Crippen LogP contribution is -2.45. The van der Waals surface area contributed by atoms with Crippen LogP contribution < -0.4 is 5.32 Å². The van der Waals surface area contributed by atoms with E-state index in [-0.39, 0.29) is 5.97 Å². The molecule has 0 aromatic carbocycles. The Bertz CT molecular complexity index is 326. The molecule has 0 spiro atoms. The summed E-state index contributed by atoms with van der Waals surface area (Å²) < 4.78 is 4.96. The molecule has 3 nitrogen and oxygen atoms in total. The van der Waals surface area contributed by atoms with Gasteiger partial charge in [-0.3, -0.25) is 4.79 Å². The predicted molar refractivity (Wildman–Crippen MR) is 72.3 cm³/mol. The highest BCUT2D eigenvalue weighted by atomic mass is 16.5. The molecule has 2 saturated carbocycles. The Kier molecular flexibility index (Phi) is 3.72. The lowest BCUT2D eigenvalue weighted by molar-refractivity contribution is -0.143. The fourth-order valence-electron chi connectivity index (χ4n) is 4.09. The molecule has 2 fully saturated rings. The topological polar surface area (TPSA) is 38.3 Å². The standard InChI is InChI=1S/C15H27NO2/c1-5-18-13(17)7-9-16-12-10-11-6-8-15(12,4)14(11,2)3/h11-12,16H,5-10H2,1-4H3/t11-,12-,15-/m1/s1. The first-order valence-corrected chi connectivity index (χ1v) is 7.31. The van der Waals surface area contributed by atoms with Gasteiger partial charge in [0.2, 0.25) is 0 Å². The van der Waals surface area contributed by atoms with E-state index in [0.717, 1.165) is 12.5 Å². The lowest BCUT2D eigenvalue weighted by atomic mass is 9.69. The van der Waals surface area contributed by atoms with E-state index in [1.54, 1.807) is 0 Å². The van der Waals surface area contributed by atoms with Crippen LogP contribution in [0.4, 0.5) is 0 Å². The molecule has 2 aliphatic rings. The van der Waals surface area contributed by atoms with E-state index < -0.39 is 0 Å². The number of carbonyl (C=O) groups is 1. The van der Waals surface area contributed by atoms with E-state index in [2.05, 4.69) is 26.1 Å². The summed E-state index contributed by atoms with van der Waals surface area (Å²) in [5, 5.41) is 3.60. The second kappa shape index (κ2) is 4.84. The van der Waals surface area contributed by atoms with E-state index in [1.807, 2.05) is 6.92 Å². The Labute approximate surface area is 111 Å². The van der Waals surface area contributed by atoms with Gasteiger partial charge in [0.1, 0.15) is 0 Å². The molecule has 104 valence electrons. The summed E-state index contributed by atoms with van der Waals surface area (Å²) in [4.78, 5) is 11.3. The van der Waals surface area contributed by atoms with E-state index in [4.69, 9.17) is 4.74 Å². The highest BCUT2D eigenvalue weighted by Gasteiger charge is 2.60. The van der Waals surface area contributed by atoms with Gasteiger partial charge >= 0.3 is 5.97 Å². The van der Waals surface area contributed by atoms with Crippen LogP contribution >= 0.6 is 0 Å². The average Bonchev–Trinajstić information content (AvgIpc) is 2.62. The van der Waals surface area contributed by atoms with Crippen LogP contribution in [0.5, 0.6) is 0 Å². The van der Waals surface area contributed by atoms with Gasteiger partial charge in [0.15, 0.2) is 0 Å². The molecule has 3 atom stereocenters. The number of hydrogen-bond acceptors (Lipinski definition) is 3. The number of ether oxygens (including phenoxy) is 1. The third-order valence-corrected chi connectivity index (χ3v) is 5.82. The number of esters is 1. The third kappa shape index (κ3) is 2.07. The number of fused-ring (bicyclic) bond motifs is 2. The molecule has 0 aromatic heterocycles. The molecule has 0 heterocycles. The predicted octanol–water partition coefficient (Wildman–Crippen LogP) is 2.74. The van der Waals surface area contributed by atoms with Gasteiger partial charge in [-0.1, -0.05) is 20.8 Å². The molecule has 2 bridgehead atoms. The van der Waals surface area contributed by atoms with E-state index in [1.165, 1.54) is 19.3 Å². The minimum Gasteiger partial charge on any atom is -0.466 e. The Morgan fingerprint density at radius 1 is 1.39 bits per heavy atom. The summed E-state index contributed by atoms with van der Waals surface area (Å²) >= 11 is 0. The van der Waals surface area contributed by atoms with Crippen molar-refractivity contribution in [3.63, 3.8) is 0 Å². The van der Waals surface area contributed by atoms with Gasteiger partial charge in [0, 0.05) is 12.6 Å². The second-order valence-electron chi connectivity index (χ2n) is 6.67. The van der Waals surface area contributed by atoms with Gasteiger partial charge in [-0.05, 0) is 42.9 Å². The first-order valence-electron chi connectivity index (χ1n) is 7.31. The van der Waals surface area contributed by atoms with Crippen LogP contribution in [0.2, 0.25) is 0 Å². The Balaban J connectivity index is 1.84. The number of hydrogen-bond donors (Lipinski definition) is 1. The maximum absolute atomic E-state index is 11.3. The van der Waals surface area contributed by atoms with Crippen molar-refractivity contribution >= 4 is 5.97 Å². The van der Waals surface area contributed by atoms with Crippen molar-refractivity contribution < 1.29 is 9.53 Å². The summed E-state index contributed by atoms with van der Waals surface area (Å²) in [6, 6.07) is 0.570. The second-order valence-corrected chi connectivity index (χ2v) is 6.67. The molecule has 0 amide bonds. The largest absolute Gasteiger partial charge is 0.466 e. The van der Waals surface area contributed by atoms with Crippen molar-refractivity contribution in [2.45, 2.75) is 59.4 Å². The molecule has 0 radical (unpaired) electrons. The van der Waals surface area contributed by atoms with Gasteiger partial charge in [-0.15, -0.1) is 0 Å². The zero-order chi connectivity index (χ0) is 13.4. The smallest absolute Gasteiger partial charge is 0.307 e. The molecular weight excluding hydrogens is 226 g/mol. The quantitative estimate of drug-likeness (QED) is 0.766. The van der Waals surface area contributed by atoms with Crippen molar-refractivity contribution in [1.29, 1.82) is 0 Å². The van der Waals surface area contributed by atoms with E-state index >= 15 is 0 Å². The highest BCUT2D eigenvalue weighted by molar-refractivity contribution is 5.69. The van der Waals surface area contributed by atoms with Crippen LogP contribution in [0.25, 0.3) is 0 Å². The summed E-state index contributed by atoms with van der Waals surface area (Å²) in [5.74, 6) is 0.764. The summed E-state index contributed by atoms with van der Waals surface area (Å²) in [6.45, 7) is 10.3. The minimum atomic E-state index is -0.0856. The van der Waals surface area contributed by atoms with Crippen molar-refractivity contribution in [1.82, 2.24) is 5.32 Å². The minimum absolute atomic E-state index is 0.0856. The molecule has 0 aliphatic heterocycles. The molecule has 0 saturated heterocycles. The van der Waals surface area contributed by atoms with Crippen LogP contribution in [0.3, 0.4) is 0 Å². The summed E-state index contributed by atoms with van der Waals surface area (Å²) in [5.41, 5.74) is 0.834. The molecule has 0 aromatic rings. The fourth-order valence-corrected chi connectivity index (χ4v) is 4.09. The van der Waals surface area contributed by atoms with Crippen molar-refractivity contribution in [2.75, 3.05) is 13.2 Å². The lowest BCUT2D eigenvalue weighted by Gasteiger charge is -2.39. The zero-order valence-corrected chi connectivity index (χ0v) is 12.2. The highest BCUT2D eigenvalue weighted by Crippen LogP contribution is 2.65. The SMILES string of the molecule is CCOC(=O)CCN[C@@H]1C[C@H]2CC[C@@]1(C)C2(C)C. The molecule has 18 heavy (non-hydrogen) atoms. The number of rotatable bonds is 5. The van der Waals surface area contributed by atoms with Gasteiger partial charge < -0.3 is 10.1 Å². The van der Waals surface area contributed by atoms with E-state index in [0.29, 0.717) is 29.9 Å². The molecule has 3 heteroatoms. The van der Waals surface area contributed by atoms with Gasteiger partial charge in [0.05, 0.1) is 13.0 Å². The molecular formula is C15H27NO2. The van der Waals surface area contributed by atoms with Crippen LogP contribution in [0, 0.1) is 16.7 Å². The van der Waals surface area contributed by atoms with Crippen molar-refractivity contribution in [3.05, 3.63) is 0 Å². The molecule has 0 unspecified atom stereocenters. The molecule has 1 N–H and O–H groups in total. The van der Waals surface area contributed by atoms with Gasteiger partial charge in [0.25, 0.3) is 0 Å². The summed E-state index contributed by atoms with van der Waals surface area (Å²) in [7, 11) is 0. The number of carbonyl (C=O) groups excluding carboxylic acids is 1. The molecule has 2 aliphatic carbocycles. The Morgan fingerprint density at radius 2 is 2.11 bits per heavy atom. The first kappa shape index (κ1) is 13.9. The fraction of sp³-hybridized carbons (Fsp3) is 0.933. The molecule has 2 rings (SSSR count). The van der Waals surface area contributed by atoms with Crippen LogP contribution in [-0.2, 0) is 9.53 Å². The maximum atomic E-state index is 11.3. The normalized spacial score (nSPS) is 36.9. The monoisotopic (exact) mass is 253 g/mol. The average molecular weight is 253 g/mol. The van der Waals surface area contributed by atoms with E-state index in [9.17, 15) is 4.79 Å². The third-order valence-electron chi connectivity index (χ3n) is 5.82. The number of nitrogens with one attached hydrogen (secondary N) is 1. The van der Waals surface area contributed by atoms with Crippen molar-refractivity contribution in [2.24, 2.45) is 16.7 Å². The summed E-state index contributed by atoms with van der Waals surface area (Å²) in [6.07, 6.45) is 4.46. The zero-order valence-electron chi connectivity index (χ0n) is 12.2. The van der Waals surface area contributed by atoms with Crippen LogP contribution in [0.1, 0.15) is 53.4 Å². The van der Waals surface area contributed by atoms with Crippen molar-refractivity contribution in [3.8, 4) is 0 Å². The van der Waals surface area contributed by atoms with Crippen LogP contribution in [-0.4, -0.2) is 25.2 Å². The Morgan fingerprint density at radius 3 is 2.61 bits per heavy atom. The van der Waals surface area contributed by atoms with Crippen LogP contribution in [0.15, 0.2) is 0 Å².